The quantitative estimate of drug-likeness (QED) is 0.408. The number of aromatic nitrogens is 4. The molecule has 1 amide bonds. The third-order valence-electron chi connectivity index (χ3n) is 4.55. The molecule has 0 atom stereocenters. The normalized spacial score (nSPS) is 11.8. The highest BCUT2D eigenvalue weighted by molar-refractivity contribution is 7.92. The van der Waals surface area contributed by atoms with E-state index in [0.29, 0.717) is 17.6 Å². The lowest BCUT2D eigenvalue weighted by atomic mass is 10.2. The molecular formula is C21H15F3N6O4S. The van der Waals surface area contributed by atoms with Crippen molar-refractivity contribution in [2.24, 2.45) is 0 Å². The van der Waals surface area contributed by atoms with Crippen LogP contribution in [0.25, 0.3) is 11.0 Å². The zero-order chi connectivity index (χ0) is 25.2. The van der Waals surface area contributed by atoms with Crippen LogP contribution >= 0.6 is 0 Å². The second-order valence-electron chi connectivity index (χ2n) is 6.97. The summed E-state index contributed by atoms with van der Waals surface area (Å²) in [5.41, 5.74) is -0.452. The maximum Gasteiger partial charge on any atom is 0.416 e. The van der Waals surface area contributed by atoms with Crippen LogP contribution in [0.5, 0.6) is 11.5 Å². The Morgan fingerprint density at radius 3 is 2.49 bits per heavy atom. The fraction of sp³-hybridized carbons (Fsp3) is 0.0952. The highest BCUT2D eigenvalue weighted by atomic mass is 32.2. The van der Waals surface area contributed by atoms with Gasteiger partial charge in [0.05, 0.1) is 16.0 Å². The minimum absolute atomic E-state index is 0.157. The summed E-state index contributed by atoms with van der Waals surface area (Å²) in [6.07, 6.45) is -3.29. The van der Waals surface area contributed by atoms with Crippen molar-refractivity contribution in [1.82, 2.24) is 25.5 Å². The molecule has 2 aromatic heterocycles. The van der Waals surface area contributed by atoms with Gasteiger partial charge in [-0.3, -0.25) is 9.78 Å². The van der Waals surface area contributed by atoms with Crippen LogP contribution in [0.4, 0.5) is 19.1 Å². The van der Waals surface area contributed by atoms with Crippen molar-refractivity contribution in [3.63, 3.8) is 0 Å². The third kappa shape index (κ3) is 5.43. The number of hydrogen-bond donors (Lipinski definition) is 2. The smallest absolute Gasteiger partial charge is 0.416 e. The second kappa shape index (κ2) is 9.13. The van der Waals surface area contributed by atoms with Crippen molar-refractivity contribution in [3.05, 3.63) is 72.1 Å². The first kappa shape index (κ1) is 23.8. The Kier molecular flexibility index (Phi) is 6.22. The number of benzene rings is 2. The number of rotatable bonds is 6. The molecule has 180 valence electrons. The number of pyridine rings is 1. The molecule has 0 unspecified atom stereocenters. The number of amides is 1. The average Bonchev–Trinajstić information content (AvgIpc) is 2.83. The van der Waals surface area contributed by atoms with Gasteiger partial charge in [-0.1, -0.05) is 6.07 Å². The van der Waals surface area contributed by atoms with Crippen LogP contribution in [0.3, 0.4) is 0 Å². The van der Waals surface area contributed by atoms with Crippen molar-refractivity contribution >= 4 is 32.9 Å². The van der Waals surface area contributed by atoms with E-state index in [-0.39, 0.29) is 22.6 Å². The fourth-order valence-corrected chi connectivity index (χ4v) is 3.89. The predicted molar refractivity (Wildman–Crippen MR) is 117 cm³/mol. The Bertz CT molecular complexity index is 1530. The predicted octanol–water partition coefficient (Wildman–Crippen LogP) is 3.39. The molecule has 0 bridgehead atoms. The molecule has 0 aliphatic carbocycles. The number of anilines is 1. The molecule has 2 N–H and O–H groups in total. The van der Waals surface area contributed by atoms with Crippen molar-refractivity contribution < 1.29 is 31.1 Å². The van der Waals surface area contributed by atoms with Crippen molar-refractivity contribution in [2.45, 2.75) is 11.1 Å². The van der Waals surface area contributed by atoms with Gasteiger partial charge in [0.1, 0.15) is 22.7 Å². The summed E-state index contributed by atoms with van der Waals surface area (Å²) < 4.78 is 71.6. The lowest BCUT2D eigenvalue weighted by molar-refractivity contribution is -0.137. The summed E-state index contributed by atoms with van der Waals surface area (Å²) in [6, 6.07) is 10.8. The molecule has 0 spiro atoms. The van der Waals surface area contributed by atoms with Gasteiger partial charge in [0.15, 0.2) is 0 Å². The Balaban J connectivity index is 1.55. The number of nitrogens with one attached hydrogen (secondary N) is 2. The number of ether oxygens (including phenoxy) is 1. The standard InChI is InChI=1S/C21H15F3N6O4S/c1-25-19(31)18-11-14(7-8-26-18)34-13-5-6-16-17(10-13)28-29-20(27-16)30-35(32,33)15-4-2-3-12(9-15)21(22,23)24/h2-11H,1H3,(H,25,31)(H,27,29,30). The Morgan fingerprint density at radius 1 is 0.971 bits per heavy atom. The van der Waals surface area contributed by atoms with Gasteiger partial charge >= 0.3 is 6.18 Å². The van der Waals surface area contributed by atoms with Crippen molar-refractivity contribution in [3.8, 4) is 11.5 Å². The Labute approximate surface area is 196 Å². The van der Waals surface area contributed by atoms with Crippen LogP contribution in [-0.2, 0) is 16.2 Å². The lowest BCUT2D eigenvalue weighted by Crippen LogP contribution is -2.18. The number of halogens is 3. The maximum atomic E-state index is 12.9. The van der Waals surface area contributed by atoms with E-state index < -0.39 is 32.6 Å². The van der Waals surface area contributed by atoms with Gasteiger partial charge in [-0.25, -0.2) is 18.1 Å². The van der Waals surface area contributed by atoms with Crippen LogP contribution in [0, 0.1) is 0 Å². The number of carbonyl (C=O) groups excluding carboxylic acids is 1. The Hall–Kier alpha value is -4.33. The molecule has 14 heteroatoms. The molecule has 10 nitrogen and oxygen atoms in total. The van der Waals surface area contributed by atoms with Gasteiger partial charge in [0, 0.05) is 25.4 Å². The minimum Gasteiger partial charge on any atom is -0.457 e. The monoisotopic (exact) mass is 504 g/mol. The first-order valence-corrected chi connectivity index (χ1v) is 11.2. The summed E-state index contributed by atoms with van der Waals surface area (Å²) in [4.78, 5) is 19.1. The summed E-state index contributed by atoms with van der Waals surface area (Å²) in [7, 11) is -2.93. The zero-order valence-corrected chi connectivity index (χ0v) is 18.6. The Morgan fingerprint density at radius 2 is 1.74 bits per heavy atom. The topological polar surface area (TPSA) is 136 Å². The molecule has 0 radical (unpaired) electrons. The van der Waals surface area contributed by atoms with Crippen molar-refractivity contribution in [2.75, 3.05) is 11.8 Å². The van der Waals surface area contributed by atoms with E-state index in [1.54, 1.807) is 6.07 Å². The van der Waals surface area contributed by atoms with Gasteiger partial charge in [-0.05, 0) is 36.4 Å². The molecule has 0 aliphatic rings. The van der Waals surface area contributed by atoms with E-state index in [2.05, 4.69) is 25.5 Å². The molecule has 0 fully saturated rings. The molecule has 35 heavy (non-hydrogen) atoms. The van der Waals surface area contributed by atoms with E-state index >= 15 is 0 Å². The molecule has 0 saturated carbocycles. The number of nitrogens with zero attached hydrogens (tertiary/aromatic N) is 4. The third-order valence-corrected chi connectivity index (χ3v) is 5.88. The number of fused-ring (bicyclic) bond motifs is 1. The summed E-state index contributed by atoms with van der Waals surface area (Å²) in [6.45, 7) is 0. The zero-order valence-electron chi connectivity index (χ0n) is 17.7. The first-order chi connectivity index (χ1) is 16.5. The first-order valence-electron chi connectivity index (χ1n) is 9.76. The van der Waals surface area contributed by atoms with Gasteiger partial charge in [-0.2, -0.15) is 13.2 Å². The summed E-state index contributed by atoms with van der Waals surface area (Å²) >= 11 is 0. The summed E-state index contributed by atoms with van der Waals surface area (Å²) in [5.74, 6) is -0.138. The number of hydrogen-bond acceptors (Lipinski definition) is 8. The van der Waals surface area contributed by atoms with E-state index in [1.807, 2.05) is 4.72 Å². The largest absolute Gasteiger partial charge is 0.457 e. The lowest BCUT2D eigenvalue weighted by Gasteiger charge is -2.10. The van der Waals surface area contributed by atoms with Gasteiger partial charge in [-0.15, -0.1) is 10.2 Å². The van der Waals surface area contributed by atoms with Gasteiger partial charge in [0.2, 0.25) is 0 Å². The maximum absolute atomic E-state index is 12.9. The number of sulfonamides is 1. The number of carbonyl (C=O) groups is 1. The molecule has 4 aromatic rings. The molecule has 4 rings (SSSR count). The van der Waals surface area contributed by atoms with Gasteiger partial charge in [0.25, 0.3) is 21.9 Å². The van der Waals surface area contributed by atoms with Gasteiger partial charge < -0.3 is 10.1 Å². The van der Waals surface area contributed by atoms with Crippen LogP contribution in [0.1, 0.15) is 16.1 Å². The SMILES string of the molecule is CNC(=O)c1cc(Oc2ccc3nc(NS(=O)(=O)c4cccc(C(F)(F)F)c4)nnc3c2)ccn1. The molecule has 2 heterocycles. The molecule has 2 aromatic carbocycles. The fourth-order valence-electron chi connectivity index (χ4n) is 2.90. The van der Waals surface area contributed by atoms with Crippen LogP contribution in [-0.4, -0.2) is 41.5 Å². The second-order valence-corrected chi connectivity index (χ2v) is 8.66. The molecule has 0 aliphatic heterocycles. The van der Waals surface area contributed by atoms with Crippen LogP contribution < -0.4 is 14.8 Å². The highest BCUT2D eigenvalue weighted by Gasteiger charge is 2.31. The van der Waals surface area contributed by atoms with Crippen LogP contribution in [0.2, 0.25) is 0 Å². The molecular weight excluding hydrogens is 489 g/mol. The summed E-state index contributed by atoms with van der Waals surface area (Å²) in [5, 5.41) is 10.0. The van der Waals surface area contributed by atoms with E-state index in [4.69, 9.17) is 4.74 Å². The van der Waals surface area contributed by atoms with E-state index in [9.17, 15) is 26.4 Å². The van der Waals surface area contributed by atoms with E-state index in [1.165, 1.54) is 37.5 Å². The average molecular weight is 504 g/mol. The number of alkyl halides is 3. The van der Waals surface area contributed by atoms with E-state index in [0.717, 1.165) is 18.2 Å². The van der Waals surface area contributed by atoms with Crippen LogP contribution in [0.15, 0.2) is 65.7 Å². The van der Waals surface area contributed by atoms with Crippen molar-refractivity contribution in [1.29, 1.82) is 0 Å². The highest BCUT2D eigenvalue weighted by Crippen LogP contribution is 2.31. The molecule has 0 saturated heterocycles. The minimum atomic E-state index is -4.70.